The van der Waals surface area contributed by atoms with Gasteiger partial charge in [-0.2, -0.15) is 0 Å². The molecule has 0 aromatic heterocycles. The normalized spacial score (nSPS) is 35.2. The van der Waals surface area contributed by atoms with E-state index in [0.29, 0.717) is 0 Å². The van der Waals surface area contributed by atoms with Gasteiger partial charge in [-0.3, -0.25) is 0 Å². The molecule has 0 bridgehead atoms. The van der Waals surface area contributed by atoms with E-state index < -0.39 is 0 Å². The lowest BCUT2D eigenvalue weighted by atomic mass is 9.70. The van der Waals surface area contributed by atoms with Gasteiger partial charge in [0.25, 0.3) is 0 Å². The van der Waals surface area contributed by atoms with E-state index in [-0.39, 0.29) is 0 Å². The van der Waals surface area contributed by atoms with Crippen molar-refractivity contribution in [3.8, 4) is 0 Å². The molecule has 0 aliphatic heterocycles. The van der Waals surface area contributed by atoms with E-state index in [2.05, 4.69) is 26.0 Å². The lowest BCUT2D eigenvalue weighted by molar-refractivity contribution is 0.306. The minimum atomic E-state index is 0.892. The van der Waals surface area contributed by atoms with Gasteiger partial charge in [-0.25, -0.2) is 0 Å². The lowest BCUT2D eigenvalue weighted by Crippen LogP contribution is -2.23. The van der Waals surface area contributed by atoms with Crippen LogP contribution < -0.4 is 0 Å². The van der Waals surface area contributed by atoms with Crippen molar-refractivity contribution in [1.82, 2.24) is 0 Å². The van der Waals surface area contributed by atoms with Crippen molar-refractivity contribution in [3.63, 3.8) is 0 Å². The quantitative estimate of drug-likeness (QED) is 0.509. The van der Waals surface area contributed by atoms with Crippen molar-refractivity contribution in [2.24, 2.45) is 11.8 Å². The Kier molecular flexibility index (Phi) is 2.08. The van der Waals surface area contributed by atoms with Gasteiger partial charge >= 0.3 is 0 Å². The molecule has 2 aliphatic rings. The van der Waals surface area contributed by atoms with Gasteiger partial charge in [0.1, 0.15) is 0 Å². The Bertz CT molecular complexity index is 206. The molecule has 66 valence electrons. The summed E-state index contributed by atoms with van der Waals surface area (Å²) in [6.07, 6.45) is 10.4. The summed E-state index contributed by atoms with van der Waals surface area (Å²) in [4.78, 5) is 0. The number of hydrogen-bond acceptors (Lipinski definition) is 0. The van der Waals surface area contributed by atoms with Crippen LogP contribution in [-0.2, 0) is 0 Å². The summed E-state index contributed by atoms with van der Waals surface area (Å²) in [5.74, 6) is 1.78. The molecule has 12 heavy (non-hydrogen) atoms. The van der Waals surface area contributed by atoms with Crippen molar-refractivity contribution >= 4 is 0 Å². The van der Waals surface area contributed by atoms with Crippen LogP contribution >= 0.6 is 0 Å². The van der Waals surface area contributed by atoms with E-state index in [0.717, 1.165) is 11.8 Å². The topological polar surface area (TPSA) is 0 Å². The number of allylic oxidation sites excluding steroid dienone is 4. The summed E-state index contributed by atoms with van der Waals surface area (Å²) in [6.45, 7) is 4.60. The van der Waals surface area contributed by atoms with Crippen molar-refractivity contribution in [2.75, 3.05) is 0 Å². The van der Waals surface area contributed by atoms with E-state index in [1.54, 1.807) is 11.1 Å². The number of hydrogen-bond donors (Lipinski definition) is 0. The fourth-order valence-electron chi connectivity index (χ4n) is 2.73. The maximum Gasteiger partial charge on any atom is -0.0137 e. The SMILES string of the molecule is CC1=CC=C(C)C2CCCCC12. The highest BCUT2D eigenvalue weighted by Gasteiger charge is 2.28. The Morgan fingerprint density at radius 2 is 1.33 bits per heavy atom. The molecule has 0 nitrogen and oxygen atoms in total. The second kappa shape index (κ2) is 3.08. The van der Waals surface area contributed by atoms with Gasteiger partial charge < -0.3 is 0 Å². The summed E-state index contributed by atoms with van der Waals surface area (Å²) in [6, 6.07) is 0. The van der Waals surface area contributed by atoms with Crippen molar-refractivity contribution in [3.05, 3.63) is 23.3 Å². The van der Waals surface area contributed by atoms with Crippen LogP contribution in [0.2, 0.25) is 0 Å². The van der Waals surface area contributed by atoms with E-state index in [4.69, 9.17) is 0 Å². The highest BCUT2D eigenvalue weighted by Crippen LogP contribution is 2.41. The molecule has 0 heteroatoms. The summed E-state index contributed by atoms with van der Waals surface area (Å²) in [5, 5.41) is 0. The van der Waals surface area contributed by atoms with Gasteiger partial charge in [0.05, 0.1) is 0 Å². The average Bonchev–Trinajstić information content (AvgIpc) is 2.12. The first-order valence-electron chi connectivity index (χ1n) is 5.14. The zero-order chi connectivity index (χ0) is 8.55. The molecule has 2 rings (SSSR count). The summed E-state index contributed by atoms with van der Waals surface area (Å²) in [7, 11) is 0. The largest absolute Gasteiger partial charge is 0.0696 e. The maximum atomic E-state index is 2.32. The van der Waals surface area contributed by atoms with E-state index >= 15 is 0 Å². The molecule has 2 unspecified atom stereocenters. The standard InChI is InChI=1S/C12H18/c1-9-7-8-10(2)12-6-4-3-5-11(9)12/h7-8,11-12H,3-6H2,1-2H3. The monoisotopic (exact) mass is 162 g/mol. The van der Waals surface area contributed by atoms with Crippen LogP contribution in [-0.4, -0.2) is 0 Å². The van der Waals surface area contributed by atoms with E-state index in [1.807, 2.05) is 0 Å². The third-order valence-electron chi connectivity index (χ3n) is 3.54. The molecule has 0 amide bonds. The molecule has 0 N–H and O–H groups in total. The third kappa shape index (κ3) is 1.24. The average molecular weight is 162 g/mol. The van der Waals surface area contributed by atoms with Gasteiger partial charge in [-0.1, -0.05) is 36.1 Å². The Morgan fingerprint density at radius 3 is 1.75 bits per heavy atom. The van der Waals surface area contributed by atoms with Crippen molar-refractivity contribution in [1.29, 1.82) is 0 Å². The third-order valence-corrected chi connectivity index (χ3v) is 3.54. The van der Waals surface area contributed by atoms with Crippen molar-refractivity contribution < 1.29 is 0 Å². The summed E-state index contributed by atoms with van der Waals surface area (Å²) >= 11 is 0. The van der Waals surface area contributed by atoms with Crippen LogP contribution in [0.3, 0.4) is 0 Å². The van der Waals surface area contributed by atoms with Gasteiger partial charge in [-0.05, 0) is 38.5 Å². The van der Waals surface area contributed by atoms with Gasteiger partial charge in [0.2, 0.25) is 0 Å². The second-order valence-corrected chi connectivity index (χ2v) is 4.32. The Morgan fingerprint density at radius 1 is 0.917 bits per heavy atom. The van der Waals surface area contributed by atoms with Crippen LogP contribution in [0.15, 0.2) is 23.3 Å². The first-order chi connectivity index (χ1) is 5.79. The molecule has 1 saturated carbocycles. The molecule has 2 atom stereocenters. The van der Waals surface area contributed by atoms with Crippen LogP contribution in [0, 0.1) is 11.8 Å². The highest BCUT2D eigenvalue weighted by atomic mass is 14.3. The fourth-order valence-corrected chi connectivity index (χ4v) is 2.73. The summed E-state index contributed by atoms with van der Waals surface area (Å²) < 4.78 is 0. The lowest BCUT2D eigenvalue weighted by Gasteiger charge is -2.35. The Hall–Kier alpha value is -0.520. The molecule has 0 aromatic rings. The number of fused-ring (bicyclic) bond motifs is 1. The van der Waals surface area contributed by atoms with E-state index in [1.165, 1.54) is 25.7 Å². The first-order valence-corrected chi connectivity index (χ1v) is 5.14. The molecular weight excluding hydrogens is 144 g/mol. The van der Waals surface area contributed by atoms with Gasteiger partial charge in [0, 0.05) is 0 Å². The van der Waals surface area contributed by atoms with Crippen molar-refractivity contribution in [2.45, 2.75) is 39.5 Å². The maximum absolute atomic E-state index is 2.32. The zero-order valence-electron chi connectivity index (χ0n) is 8.14. The van der Waals surface area contributed by atoms with Gasteiger partial charge in [-0.15, -0.1) is 0 Å². The minimum Gasteiger partial charge on any atom is -0.0696 e. The first kappa shape index (κ1) is 8.10. The Balaban J connectivity index is 2.24. The van der Waals surface area contributed by atoms with Gasteiger partial charge in [0.15, 0.2) is 0 Å². The predicted molar refractivity (Wildman–Crippen MR) is 53.0 cm³/mol. The molecule has 2 aliphatic carbocycles. The molecular formula is C12H18. The molecule has 0 spiro atoms. The summed E-state index contributed by atoms with van der Waals surface area (Å²) in [5.41, 5.74) is 3.23. The van der Waals surface area contributed by atoms with Crippen LogP contribution in [0.1, 0.15) is 39.5 Å². The highest BCUT2D eigenvalue weighted by molar-refractivity contribution is 5.27. The van der Waals surface area contributed by atoms with Crippen LogP contribution in [0.25, 0.3) is 0 Å². The predicted octanol–water partition coefficient (Wildman–Crippen LogP) is 3.70. The molecule has 0 heterocycles. The van der Waals surface area contributed by atoms with Crippen LogP contribution in [0.4, 0.5) is 0 Å². The Labute approximate surface area is 75.4 Å². The van der Waals surface area contributed by atoms with Crippen LogP contribution in [0.5, 0.6) is 0 Å². The zero-order valence-corrected chi connectivity index (χ0v) is 8.14. The molecule has 1 fully saturated rings. The minimum absolute atomic E-state index is 0.892. The molecule has 0 radical (unpaired) electrons. The van der Waals surface area contributed by atoms with E-state index in [9.17, 15) is 0 Å². The fraction of sp³-hybridized carbons (Fsp3) is 0.667. The molecule has 0 aromatic carbocycles. The smallest absolute Gasteiger partial charge is 0.0137 e. The number of rotatable bonds is 0. The molecule has 0 saturated heterocycles. The second-order valence-electron chi connectivity index (χ2n) is 4.32.